The van der Waals surface area contributed by atoms with Crippen molar-refractivity contribution in [3.05, 3.63) is 29.8 Å². The fourth-order valence-electron chi connectivity index (χ4n) is 3.55. The lowest BCUT2D eigenvalue weighted by molar-refractivity contribution is 0.0383. The zero-order valence-corrected chi connectivity index (χ0v) is 16.7. The molecule has 27 heavy (non-hydrogen) atoms. The Morgan fingerprint density at radius 3 is 2.56 bits per heavy atom. The van der Waals surface area contributed by atoms with E-state index in [1.54, 1.807) is 16.4 Å². The number of rotatable bonds is 6. The van der Waals surface area contributed by atoms with Crippen LogP contribution in [0, 0.1) is 5.92 Å². The number of ether oxygens (including phenoxy) is 1. The Bertz CT molecular complexity index is 730. The van der Waals surface area contributed by atoms with Gasteiger partial charge in [-0.25, -0.2) is 8.42 Å². The van der Waals surface area contributed by atoms with Gasteiger partial charge in [0.2, 0.25) is 10.0 Å². The summed E-state index contributed by atoms with van der Waals surface area (Å²) in [5.41, 5.74) is 0.475. The van der Waals surface area contributed by atoms with Crippen LogP contribution in [0.15, 0.2) is 29.2 Å². The number of nitrogens with one attached hydrogen (secondary N) is 1. The van der Waals surface area contributed by atoms with Crippen LogP contribution in [0.25, 0.3) is 0 Å². The minimum atomic E-state index is -3.49. The fourth-order valence-corrected chi connectivity index (χ4v) is 5.14. The van der Waals surface area contributed by atoms with Gasteiger partial charge in [0.15, 0.2) is 0 Å². The van der Waals surface area contributed by atoms with Crippen molar-refractivity contribution in [1.29, 1.82) is 0 Å². The van der Waals surface area contributed by atoms with Gasteiger partial charge in [-0.2, -0.15) is 4.31 Å². The molecule has 1 N–H and O–H groups in total. The van der Waals surface area contributed by atoms with E-state index in [2.05, 4.69) is 17.1 Å². The summed E-state index contributed by atoms with van der Waals surface area (Å²) in [5, 5.41) is 2.89. The molecule has 1 atom stereocenters. The van der Waals surface area contributed by atoms with Crippen molar-refractivity contribution in [3.8, 4) is 0 Å². The van der Waals surface area contributed by atoms with Crippen molar-refractivity contribution in [2.75, 3.05) is 52.5 Å². The maximum absolute atomic E-state index is 12.8. The first-order valence-corrected chi connectivity index (χ1v) is 11.1. The first-order valence-electron chi connectivity index (χ1n) is 9.65. The van der Waals surface area contributed by atoms with Gasteiger partial charge in [0.1, 0.15) is 0 Å². The van der Waals surface area contributed by atoms with Crippen molar-refractivity contribution < 1.29 is 17.9 Å². The predicted octanol–water partition coefficient (Wildman–Crippen LogP) is 1.17. The monoisotopic (exact) mass is 395 g/mol. The number of hydrogen-bond donors (Lipinski definition) is 1. The molecule has 1 unspecified atom stereocenters. The molecule has 0 aliphatic carbocycles. The molecule has 0 radical (unpaired) electrons. The fraction of sp³-hybridized carbons (Fsp3) is 0.632. The predicted molar refractivity (Wildman–Crippen MR) is 103 cm³/mol. The molecule has 0 bridgehead atoms. The molecule has 1 aromatic rings. The highest BCUT2D eigenvalue weighted by Gasteiger charge is 2.28. The summed E-state index contributed by atoms with van der Waals surface area (Å²) in [4.78, 5) is 14.8. The lowest BCUT2D eigenvalue weighted by Crippen LogP contribution is -2.41. The highest BCUT2D eigenvalue weighted by molar-refractivity contribution is 7.89. The number of sulfonamides is 1. The highest BCUT2D eigenvalue weighted by Crippen LogP contribution is 2.23. The number of amides is 1. The van der Waals surface area contributed by atoms with E-state index in [9.17, 15) is 13.2 Å². The van der Waals surface area contributed by atoms with Gasteiger partial charge in [-0.1, -0.05) is 6.92 Å². The summed E-state index contributed by atoms with van der Waals surface area (Å²) in [7, 11) is -3.49. The highest BCUT2D eigenvalue weighted by atomic mass is 32.2. The quantitative estimate of drug-likeness (QED) is 0.782. The molecule has 2 fully saturated rings. The molecule has 1 aromatic carbocycles. The molecule has 150 valence electrons. The standard InChI is InChI=1S/C19H29N3O4S/c1-16-3-2-9-22(15-16)27(24,25)18-6-4-17(5-7-18)19(23)20-8-10-21-11-13-26-14-12-21/h4-7,16H,2-3,8-15H2,1H3,(H,20,23). The Hall–Kier alpha value is -1.48. The third-order valence-corrected chi connectivity index (χ3v) is 7.07. The lowest BCUT2D eigenvalue weighted by atomic mass is 10.0. The van der Waals surface area contributed by atoms with Crippen LogP contribution >= 0.6 is 0 Å². The smallest absolute Gasteiger partial charge is 0.251 e. The van der Waals surface area contributed by atoms with Crippen molar-refractivity contribution in [3.63, 3.8) is 0 Å². The molecule has 2 aliphatic heterocycles. The van der Waals surface area contributed by atoms with Crippen molar-refractivity contribution >= 4 is 15.9 Å². The Kier molecular flexibility index (Phi) is 6.86. The Morgan fingerprint density at radius 2 is 1.89 bits per heavy atom. The van der Waals surface area contributed by atoms with E-state index in [-0.39, 0.29) is 10.8 Å². The number of carbonyl (C=O) groups excluding carboxylic acids is 1. The summed E-state index contributed by atoms with van der Waals surface area (Å²) in [6, 6.07) is 6.24. The lowest BCUT2D eigenvalue weighted by Gasteiger charge is -2.30. The van der Waals surface area contributed by atoms with Crippen LogP contribution in [0.2, 0.25) is 0 Å². The van der Waals surface area contributed by atoms with Crippen LogP contribution < -0.4 is 5.32 Å². The molecule has 7 nitrogen and oxygen atoms in total. The molecule has 0 saturated carbocycles. The molecular formula is C19H29N3O4S. The minimum Gasteiger partial charge on any atom is -0.379 e. The number of benzene rings is 1. The van der Waals surface area contributed by atoms with E-state index in [1.807, 2.05) is 0 Å². The zero-order valence-electron chi connectivity index (χ0n) is 15.9. The van der Waals surface area contributed by atoms with E-state index >= 15 is 0 Å². The van der Waals surface area contributed by atoms with Crippen molar-refractivity contribution in [2.45, 2.75) is 24.7 Å². The summed E-state index contributed by atoms with van der Waals surface area (Å²) < 4.78 is 32.4. The van der Waals surface area contributed by atoms with E-state index < -0.39 is 10.0 Å². The molecule has 2 aliphatic rings. The van der Waals surface area contributed by atoms with Gasteiger partial charge in [0, 0.05) is 44.8 Å². The molecule has 1 amide bonds. The zero-order chi connectivity index (χ0) is 19.3. The Balaban J connectivity index is 1.55. The number of piperidine rings is 1. The number of hydrogen-bond acceptors (Lipinski definition) is 5. The van der Waals surface area contributed by atoms with Gasteiger partial charge in [-0.05, 0) is 43.0 Å². The van der Waals surface area contributed by atoms with Gasteiger partial charge in [0.05, 0.1) is 18.1 Å². The van der Waals surface area contributed by atoms with Crippen LogP contribution in [0.4, 0.5) is 0 Å². The van der Waals surface area contributed by atoms with Gasteiger partial charge >= 0.3 is 0 Å². The SMILES string of the molecule is CC1CCCN(S(=O)(=O)c2ccc(C(=O)NCCN3CCOCC3)cc2)C1. The molecule has 3 rings (SSSR count). The number of carbonyl (C=O) groups is 1. The average molecular weight is 396 g/mol. The van der Waals surface area contributed by atoms with E-state index in [0.29, 0.717) is 31.1 Å². The maximum Gasteiger partial charge on any atom is 0.251 e. The third-order valence-electron chi connectivity index (χ3n) is 5.19. The van der Waals surface area contributed by atoms with Crippen molar-refractivity contribution in [1.82, 2.24) is 14.5 Å². The van der Waals surface area contributed by atoms with Crippen LogP contribution in [0.1, 0.15) is 30.1 Å². The number of morpholine rings is 1. The Morgan fingerprint density at radius 1 is 1.19 bits per heavy atom. The van der Waals surface area contributed by atoms with Crippen LogP contribution in [0.3, 0.4) is 0 Å². The minimum absolute atomic E-state index is 0.182. The van der Waals surface area contributed by atoms with Gasteiger partial charge in [0.25, 0.3) is 5.91 Å². The van der Waals surface area contributed by atoms with Gasteiger partial charge in [-0.3, -0.25) is 9.69 Å². The molecule has 8 heteroatoms. The topological polar surface area (TPSA) is 79.0 Å². The molecular weight excluding hydrogens is 366 g/mol. The second kappa shape index (κ2) is 9.14. The van der Waals surface area contributed by atoms with Crippen LogP contribution in [0.5, 0.6) is 0 Å². The second-order valence-corrected chi connectivity index (χ2v) is 9.28. The summed E-state index contributed by atoms with van der Waals surface area (Å²) >= 11 is 0. The van der Waals surface area contributed by atoms with Crippen LogP contribution in [-0.2, 0) is 14.8 Å². The molecule has 0 aromatic heterocycles. The van der Waals surface area contributed by atoms with Gasteiger partial charge < -0.3 is 10.1 Å². The maximum atomic E-state index is 12.8. The van der Waals surface area contributed by atoms with Gasteiger partial charge in [-0.15, -0.1) is 0 Å². The largest absolute Gasteiger partial charge is 0.379 e. The van der Waals surface area contributed by atoms with Crippen LogP contribution in [-0.4, -0.2) is 76.0 Å². The summed E-state index contributed by atoms with van der Waals surface area (Å²) in [5.74, 6) is 0.198. The number of nitrogens with zero attached hydrogens (tertiary/aromatic N) is 2. The normalized spacial score (nSPS) is 22.5. The first kappa shape index (κ1) is 20.3. The van der Waals surface area contributed by atoms with E-state index in [1.165, 1.54) is 12.1 Å². The van der Waals surface area contributed by atoms with E-state index in [0.717, 1.165) is 45.7 Å². The molecule has 2 heterocycles. The Labute approximate surface area is 161 Å². The summed E-state index contributed by atoms with van der Waals surface area (Å²) in [6.07, 6.45) is 1.96. The molecule has 2 saturated heterocycles. The second-order valence-electron chi connectivity index (χ2n) is 7.34. The third kappa shape index (κ3) is 5.28. The summed E-state index contributed by atoms with van der Waals surface area (Å²) in [6.45, 7) is 7.79. The average Bonchev–Trinajstić information content (AvgIpc) is 2.69. The van der Waals surface area contributed by atoms with Crippen molar-refractivity contribution in [2.24, 2.45) is 5.92 Å². The van der Waals surface area contributed by atoms with E-state index in [4.69, 9.17) is 4.74 Å². The first-order chi connectivity index (χ1) is 13.0. The molecule has 0 spiro atoms.